The predicted molar refractivity (Wildman–Crippen MR) is 114 cm³/mol. The average molecular weight is 458 g/mol. The van der Waals surface area contributed by atoms with E-state index in [1.807, 2.05) is 23.0 Å². The lowest BCUT2D eigenvalue weighted by Crippen LogP contribution is -2.41. The molecule has 29 heavy (non-hydrogen) atoms. The Bertz CT molecular complexity index is 1110. The third-order valence-corrected chi connectivity index (χ3v) is 8.01. The normalized spacial score (nSPS) is 20.5. The van der Waals surface area contributed by atoms with E-state index in [1.54, 1.807) is 11.8 Å². The molecule has 1 aromatic carbocycles. The SMILES string of the molecule is CSCCn1c(=NC(=O)C2CCCN(S(C)(=O)=O)C2)sc2cc3c(cc21)OCO3. The van der Waals surface area contributed by atoms with E-state index >= 15 is 0 Å². The van der Waals surface area contributed by atoms with Crippen molar-refractivity contribution in [1.29, 1.82) is 0 Å². The fourth-order valence-corrected chi connectivity index (χ4v) is 5.92. The molecule has 2 aromatic rings. The standard InChI is InChI=1S/C18H23N3O5S3/c1-27-7-6-21-13-8-14-15(26-11-25-14)9-16(13)28-18(21)19-17(22)12-4-3-5-20(10-12)29(2,23)24/h8-9,12H,3-7,10-11H2,1-2H3. The van der Waals surface area contributed by atoms with Gasteiger partial charge in [0.15, 0.2) is 16.3 Å². The molecule has 0 radical (unpaired) electrons. The minimum Gasteiger partial charge on any atom is -0.454 e. The number of piperidine rings is 1. The number of aromatic nitrogens is 1. The Hall–Kier alpha value is -1.56. The highest BCUT2D eigenvalue weighted by atomic mass is 32.2. The Morgan fingerprint density at radius 3 is 2.83 bits per heavy atom. The lowest BCUT2D eigenvalue weighted by Gasteiger charge is -2.28. The number of carbonyl (C=O) groups is 1. The highest BCUT2D eigenvalue weighted by Gasteiger charge is 2.30. The van der Waals surface area contributed by atoms with Crippen LogP contribution in [0.15, 0.2) is 17.1 Å². The van der Waals surface area contributed by atoms with Gasteiger partial charge in [-0.1, -0.05) is 11.3 Å². The lowest BCUT2D eigenvalue weighted by atomic mass is 9.99. The van der Waals surface area contributed by atoms with E-state index in [-0.39, 0.29) is 19.2 Å². The first kappa shape index (κ1) is 20.7. The van der Waals surface area contributed by atoms with Gasteiger partial charge in [-0.2, -0.15) is 16.8 Å². The molecule has 8 nitrogen and oxygen atoms in total. The first-order valence-corrected chi connectivity index (χ1v) is 13.4. The van der Waals surface area contributed by atoms with Gasteiger partial charge in [0.2, 0.25) is 16.8 Å². The summed E-state index contributed by atoms with van der Waals surface area (Å²) in [6.07, 6.45) is 4.54. The molecular formula is C18H23N3O5S3. The van der Waals surface area contributed by atoms with Crippen LogP contribution in [0.25, 0.3) is 10.2 Å². The van der Waals surface area contributed by atoms with Crippen molar-refractivity contribution in [3.63, 3.8) is 0 Å². The fourth-order valence-electron chi connectivity index (χ4n) is 3.57. The van der Waals surface area contributed by atoms with E-state index in [4.69, 9.17) is 9.47 Å². The monoisotopic (exact) mass is 457 g/mol. The van der Waals surface area contributed by atoms with Crippen molar-refractivity contribution in [2.75, 3.05) is 38.1 Å². The molecule has 158 valence electrons. The molecule has 0 spiro atoms. The summed E-state index contributed by atoms with van der Waals surface area (Å²) in [4.78, 5) is 17.9. The number of thioether (sulfide) groups is 1. The Labute approximate surface area is 177 Å². The quantitative estimate of drug-likeness (QED) is 0.681. The van der Waals surface area contributed by atoms with E-state index in [1.165, 1.54) is 21.9 Å². The molecule has 1 atom stereocenters. The zero-order valence-electron chi connectivity index (χ0n) is 16.3. The topological polar surface area (TPSA) is 90.2 Å². The fraction of sp³-hybridized carbons (Fsp3) is 0.556. The summed E-state index contributed by atoms with van der Waals surface area (Å²) in [7, 11) is -3.31. The molecule has 1 fully saturated rings. The van der Waals surface area contributed by atoms with Gasteiger partial charge in [-0.25, -0.2) is 12.7 Å². The Morgan fingerprint density at radius 1 is 1.34 bits per heavy atom. The van der Waals surface area contributed by atoms with Crippen LogP contribution in [0.2, 0.25) is 0 Å². The number of hydrogen-bond acceptors (Lipinski definition) is 7. The summed E-state index contributed by atoms with van der Waals surface area (Å²) in [5.41, 5.74) is 0.959. The van der Waals surface area contributed by atoms with Crippen molar-refractivity contribution in [3.05, 3.63) is 16.9 Å². The van der Waals surface area contributed by atoms with Crippen LogP contribution < -0.4 is 14.3 Å². The minimum atomic E-state index is -3.31. The largest absolute Gasteiger partial charge is 0.454 e. The van der Waals surface area contributed by atoms with Crippen LogP contribution in [0.3, 0.4) is 0 Å². The van der Waals surface area contributed by atoms with Gasteiger partial charge in [0.05, 0.1) is 22.4 Å². The predicted octanol–water partition coefficient (Wildman–Crippen LogP) is 1.89. The highest BCUT2D eigenvalue weighted by molar-refractivity contribution is 7.98. The smallest absolute Gasteiger partial charge is 0.252 e. The van der Waals surface area contributed by atoms with Crippen molar-refractivity contribution in [3.8, 4) is 11.5 Å². The number of amides is 1. The van der Waals surface area contributed by atoms with Crippen molar-refractivity contribution in [2.24, 2.45) is 10.9 Å². The summed E-state index contributed by atoms with van der Waals surface area (Å²) in [6, 6.07) is 3.86. The Balaban J connectivity index is 1.70. The van der Waals surface area contributed by atoms with Gasteiger partial charge in [0.1, 0.15) is 0 Å². The molecule has 2 aliphatic rings. The number of benzene rings is 1. The summed E-state index contributed by atoms with van der Waals surface area (Å²) < 4.78 is 39.1. The molecule has 1 amide bonds. The van der Waals surface area contributed by atoms with Gasteiger partial charge in [-0.05, 0) is 19.1 Å². The number of hydrogen-bond donors (Lipinski definition) is 0. The second-order valence-electron chi connectivity index (χ2n) is 7.11. The van der Waals surface area contributed by atoms with Crippen molar-refractivity contribution < 1.29 is 22.7 Å². The zero-order valence-corrected chi connectivity index (χ0v) is 18.7. The Morgan fingerprint density at radius 2 is 2.10 bits per heavy atom. The van der Waals surface area contributed by atoms with E-state index in [0.717, 1.165) is 16.0 Å². The molecule has 0 saturated carbocycles. The van der Waals surface area contributed by atoms with Crippen molar-refractivity contribution in [1.82, 2.24) is 8.87 Å². The number of sulfonamides is 1. The van der Waals surface area contributed by atoms with Crippen LogP contribution in [0.1, 0.15) is 12.8 Å². The van der Waals surface area contributed by atoms with E-state index in [9.17, 15) is 13.2 Å². The van der Waals surface area contributed by atoms with Crippen molar-refractivity contribution >= 4 is 49.2 Å². The third kappa shape index (κ3) is 4.32. The molecule has 11 heteroatoms. The van der Waals surface area contributed by atoms with Crippen LogP contribution in [0, 0.1) is 5.92 Å². The van der Waals surface area contributed by atoms with E-state index in [0.29, 0.717) is 42.2 Å². The van der Waals surface area contributed by atoms with Gasteiger partial charge in [-0.3, -0.25) is 4.79 Å². The van der Waals surface area contributed by atoms with Gasteiger partial charge >= 0.3 is 0 Å². The average Bonchev–Trinajstić information content (AvgIpc) is 3.27. The summed E-state index contributed by atoms with van der Waals surface area (Å²) in [5.74, 6) is 1.61. The number of carbonyl (C=O) groups excluding carboxylic acids is 1. The molecule has 0 N–H and O–H groups in total. The third-order valence-electron chi connectivity index (χ3n) is 5.10. The van der Waals surface area contributed by atoms with Gasteiger partial charge in [0.25, 0.3) is 5.91 Å². The molecule has 4 rings (SSSR count). The number of fused-ring (bicyclic) bond motifs is 2. The Kier molecular flexibility index (Phi) is 5.92. The zero-order chi connectivity index (χ0) is 20.6. The van der Waals surface area contributed by atoms with Crippen LogP contribution in [0.5, 0.6) is 11.5 Å². The first-order chi connectivity index (χ1) is 13.9. The van der Waals surface area contributed by atoms with Gasteiger partial charge in [-0.15, -0.1) is 0 Å². The van der Waals surface area contributed by atoms with E-state index < -0.39 is 15.9 Å². The second kappa shape index (κ2) is 8.29. The van der Waals surface area contributed by atoms with Crippen LogP contribution in [0.4, 0.5) is 0 Å². The molecule has 1 aromatic heterocycles. The van der Waals surface area contributed by atoms with Gasteiger partial charge < -0.3 is 14.0 Å². The molecule has 2 aliphatic heterocycles. The number of ether oxygens (including phenoxy) is 2. The maximum absolute atomic E-state index is 12.9. The minimum absolute atomic E-state index is 0.201. The van der Waals surface area contributed by atoms with Crippen LogP contribution in [-0.2, 0) is 21.4 Å². The van der Waals surface area contributed by atoms with Gasteiger partial charge in [0, 0.05) is 37.5 Å². The first-order valence-electron chi connectivity index (χ1n) is 9.32. The highest BCUT2D eigenvalue weighted by Crippen LogP contribution is 2.37. The summed E-state index contributed by atoms with van der Waals surface area (Å²) in [6.45, 7) is 1.59. The lowest BCUT2D eigenvalue weighted by molar-refractivity contribution is -0.122. The molecule has 0 bridgehead atoms. The second-order valence-corrected chi connectivity index (χ2v) is 11.1. The molecule has 1 unspecified atom stereocenters. The number of thiazole rings is 1. The van der Waals surface area contributed by atoms with Crippen LogP contribution in [-0.4, -0.2) is 61.3 Å². The van der Waals surface area contributed by atoms with E-state index in [2.05, 4.69) is 4.99 Å². The molecule has 1 saturated heterocycles. The molecular weight excluding hydrogens is 434 g/mol. The summed E-state index contributed by atoms with van der Waals surface area (Å²) in [5, 5.41) is 0. The summed E-state index contributed by atoms with van der Waals surface area (Å²) >= 11 is 3.16. The number of aryl methyl sites for hydroxylation is 1. The van der Waals surface area contributed by atoms with Crippen molar-refractivity contribution in [2.45, 2.75) is 19.4 Å². The maximum Gasteiger partial charge on any atom is 0.252 e. The molecule has 0 aliphatic carbocycles. The number of nitrogens with zero attached hydrogens (tertiary/aromatic N) is 3. The molecule has 3 heterocycles. The number of rotatable bonds is 5. The maximum atomic E-state index is 12.9. The van der Waals surface area contributed by atoms with Crippen LogP contribution >= 0.6 is 23.1 Å².